The zero-order valence-electron chi connectivity index (χ0n) is 19.5. The molecule has 0 aliphatic carbocycles. The fourth-order valence-electron chi connectivity index (χ4n) is 4.38. The van der Waals surface area contributed by atoms with Crippen molar-refractivity contribution in [2.75, 3.05) is 19.6 Å². The fraction of sp³-hybridized carbons (Fsp3) is 0.542. The van der Waals surface area contributed by atoms with E-state index in [9.17, 15) is 14.0 Å². The molecule has 7 nitrogen and oxygen atoms in total. The van der Waals surface area contributed by atoms with Crippen LogP contribution in [0, 0.1) is 18.7 Å². The summed E-state index contributed by atoms with van der Waals surface area (Å²) in [5.74, 6) is -0.161. The number of likely N-dealkylation sites (tertiary alicyclic amines) is 1. The summed E-state index contributed by atoms with van der Waals surface area (Å²) < 4.78 is 21.5. The number of halogens is 2. The quantitative estimate of drug-likeness (QED) is 0.664. The predicted molar refractivity (Wildman–Crippen MR) is 123 cm³/mol. The molecule has 0 saturated carbocycles. The van der Waals surface area contributed by atoms with Gasteiger partial charge in [0.25, 0.3) is 0 Å². The summed E-state index contributed by atoms with van der Waals surface area (Å²) in [5, 5.41) is 4.97. The molecule has 2 aliphatic rings. The van der Waals surface area contributed by atoms with E-state index >= 15 is 0 Å². The van der Waals surface area contributed by atoms with E-state index in [1.54, 1.807) is 21.7 Å². The molecule has 0 spiro atoms. The third kappa shape index (κ3) is 5.32. The average Bonchev–Trinajstić information content (AvgIpc) is 3.00. The number of benzene rings is 1. The van der Waals surface area contributed by atoms with Gasteiger partial charge in [0.1, 0.15) is 11.4 Å². The molecule has 3 heterocycles. The fourth-order valence-corrected chi connectivity index (χ4v) is 4.54. The van der Waals surface area contributed by atoms with Crippen LogP contribution in [0.4, 0.5) is 9.18 Å². The van der Waals surface area contributed by atoms with Crippen molar-refractivity contribution in [2.45, 2.75) is 59.2 Å². The molecule has 0 radical (unpaired) electrons. The van der Waals surface area contributed by atoms with Gasteiger partial charge >= 0.3 is 6.09 Å². The maximum absolute atomic E-state index is 14.3. The minimum atomic E-state index is -0.528. The van der Waals surface area contributed by atoms with Gasteiger partial charge in [0.2, 0.25) is 5.91 Å². The van der Waals surface area contributed by atoms with E-state index < -0.39 is 5.60 Å². The molecule has 9 heteroatoms. The Morgan fingerprint density at radius 1 is 1.24 bits per heavy atom. The number of rotatable bonds is 4. The van der Waals surface area contributed by atoms with Crippen LogP contribution in [0.2, 0.25) is 5.02 Å². The number of hydrogen-bond acceptors (Lipinski definition) is 4. The molecule has 33 heavy (non-hydrogen) atoms. The minimum absolute atomic E-state index is 0.0672. The van der Waals surface area contributed by atoms with Gasteiger partial charge in [-0.05, 0) is 51.8 Å². The van der Waals surface area contributed by atoms with Crippen molar-refractivity contribution in [3.05, 3.63) is 51.6 Å². The molecule has 1 fully saturated rings. The van der Waals surface area contributed by atoms with Crippen LogP contribution in [0.1, 0.15) is 49.7 Å². The third-order valence-corrected chi connectivity index (χ3v) is 6.33. The largest absolute Gasteiger partial charge is 0.444 e. The number of aromatic nitrogens is 2. The first kappa shape index (κ1) is 23.5. The van der Waals surface area contributed by atoms with Crippen LogP contribution in [0.5, 0.6) is 0 Å². The van der Waals surface area contributed by atoms with Crippen molar-refractivity contribution in [1.29, 1.82) is 0 Å². The first-order chi connectivity index (χ1) is 15.5. The Hall–Kier alpha value is -2.61. The minimum Gasteiger partial charge on any atom is -0.444 e. The molecule has 178 valence electrons. The van der Waals surface area contributed by atoms with Gasteiger partial charge in [0.15, 0.2) is 0 Å². The Labute approximate surface area is 198 Å². The first-order valence-corrected chi connectivity index (χ1v) is 11.6. The van der Waals surface area contributed by atoms with Gasteiger partial charge in [-0.1, -0.05) is 17.7 Å². The standard InChI is InChI=1S/C24H30ClFN4O3/c1-15-19-7-8-28(22(31)9-16-11-29(12-16)23(32)33-24(2,3)4)14-21(19)30(27-15)13-17-5-6-18(25)10-20(17)26/h5-6,10,16H,7-9,11-14H2,1-4H3. The van der Waals surface area contributed by atoms with Crippen LogP contribution in [0.15, 0.2) is 18.2 Å². The Bertz CT molecular complexity index is 1070. The summed E-state index contributed by atoms with van der Waals surface area (Å²) in [5.41, 5.74) is 2.97. The molecule has 2 aliphatic heterocycles. The van der Waals surface area contributed by atoms with Crippen LogP contribution < -0.4 is 0 Å². The number of carbonyl (C=O) groups excluding carboxylic acids is 2. The topological polar surface area (TPSA) is 67.7 Å². The lowest BCUT2D eigenvalue weighted by atomic mass is 9.95. The number of fused-ring (bicyclic) bond motifs is 1. The lowest BCUT2D eigenvalue weighted by Crippen LogP contribution is -2.53. The molecule has 0 N–H and O–H groups in total. The molecule has 4 rings (SSSR count). The number of hydrogen-bond donors (Lipinski definition) is 0. The van der Waals surface area contributed by atoms with E-state index in [-0.39, 0.29) is 30.3 Å². The number of carbonyl (C=O) groups is 2. The van der Waals surface area contributed by atoms with Crippen molar-refractivity contribution < 1.29 is 18.7 Å². The Morgan fingerprint density at radius 3 is 2.64 bits per heavy atom. The summed E-state index contributed by atoms with van der Waals surface area (Å²) in [6.45, 7) is 9.90. The van der Waals surface area contributed by atoms with E-state index in [2.05, 4.69) is 5.10 Å². The Balaban J connectivity index is 1.37. The van der Waals surface area contributed by atoms with Crippen molar-refractivity contribution in [2.24, 2.45) is 5.92 Å². The molecule has 2 aromatic rings. The van der Waals surface area contributed by atoms with Crippen LogP contribution in [0.3, 0.4) is 0 Å². The summed E-state index contributed by atoms with van der Waals surface area (Å²) in [7, 11) is 0. The lowest BCUT2D eigenvalue weighted by molar-refractivity contribution is -0.134. The zero-order valence-corrected chi connectivity index (χ0v) is 20.3. The highest BCUT2D eigenvalue weighted by Gasteiger charge is 2.36. The second-order valence-electron chi connectivity index (χ2n) is 9.92. The summed E-state index contributed by atoms with van der Waals surface area (Å²) in [6.07, 6.45) is 0.792. The number of ether oxygens (including phenoxy) is 1. The van der Waals surface area contributed by atoms with E-state index in [4.69, 9.17) is 16.3 Å². The Morgan fingerprint density at radius 2 is 1.97 bits per heavy atom. The Kier molecular flexibility index (Phi) is 6.40. The molecule has 0 unspecified atom stereocenters. The second kappa shape index (κ2) is 8.97. The molecule has 0 bridgehead atoms. The molecular weight excluding hydrogens is 447 g/mol. The molecular formula is C24H30ClFN4O3. The van der Waals surface area contributed by atoms with E-state index in [0.29, 0.717) is 43.2 Å². The van der Waals surface area contributed by atoms with Gasteiger partial charge in [-0.3, -0.25) is 9.48 Å². The molecule has 1 aromatic heterocycles. The van der Waals surface area contributed by atoms with Crippen LogP contribution >= 0.6 is 11.6 Å². The summed E-state index contributed by atoms with van der Waals surface area (Å²) in [6, 6.07) is 4.63. The molecule has 2 amide bonds. The van der Waals surface area contributed by atoms with E-state index in [0.717, 1.165) is 23.4 Å². The van der Waals surface area contributed by atoms with Crippen LogP contribution in [-0.4, -0.2) is 56.8 Å². The van der Waals surface area contributed by atoms with E-state index in [1.807, 2.05) is 32.6 Å². The van der Waals surface area contributed by atoms with E-state index in [1.165, 1.54) is 6.07 Å². The van der Waals surface area contributed by atoms with Gasteiger partial charge in [-0.25, -0.2) is 9.18 Å². The second-order valence-corrected chi connectivity index (χ2v) is 10.4. The monoisotopic (exact) mass is 476 g/mol. The van der Waals surface area contributed by atoms with Crippen molar-refractivity contribution in [1.82, 2.24) is 19.6 Å². The number of aryl methyl sites for hydroxylation is 1. The average molecular weight is 477 g/mol. The predicted octanol–water partition coefficient (Wildman–Crippen LogP) is 4.17. The zero-order chi connectivity index (χ0) is 23.9. The summed E-state index contributed by atoms with van der Waals surface area (Å²) in [4.78, 5) is 28.6. The maximum Gasteiger partial charge on any atom is 0.410 e. The lowest BCUT2D eigenvalue weighted by Gasteiger charge is -2.40. The highest BCUT2D eigenvalue weighted by atomic mass is 35.5. The smallest absolute Gasteiger partial charge is 0.410 e. The van der Waals surface area contributed by atoms with Gasteiger partial charge in [-0.2, -0.15) is 5.10 Å². The maximum atomic E-state index is 14.3. The van der Waals surface area contributed by atoms with Gasteiger partial charge in [0.05, 0.1) is 24.5 Å². The van der Waals surface area contributed by atoms with Crippen LogP contribution in [-0.2, 0) is 29.0 Å². The van der Waals surface area contributed by atoms with Crippen molar-refractivity contribution in [3.63, 3.8) is 0 Å². The van der Waals surface area contributed by atoms with Gasteiger partial charge < -0.3 is 14.5 Å². The van der Waals surface area contributed by atoms with Gasteiger partial charge in [0, 0.05) is 42.6 Å². The van der Waals surface area contributed by atoms with Crippen molar-refractivity contribution >= 4 is 23.6 Å². The highest BCUT2D eigenvalue weighted by molar-refractivity contribution is 6.30. The highest BCUT2D eigenvalue weighted by Crippen LogP contribution is 2.27. The SMILES string of the molecule is Cc1nn(Cc2ccc(Cl)cc2F)c2c1CCN(C(=O)CC1CN(C(=O)OC(C)(C)C)C1)C2. The normalized spacial score (nSPS) is 16.4. The number of amides is 2. The van der Waals surface area contributed by atoms with Crippen molar-refractivity contribution in [3.8, 4) is 0 Å². The number of nitrogens with zero attached hydrogens (tertiary/aromatic N) is 4. The molecule has 1 aromatic carbocycles. The van der Waals surface area contributed by atoms with Gasteiger partial charge in [-0.15, -0.1) is 0 Å². The van der Waals surface area contributed by atoms with Crippen LogP contribution in [0.25, 0.3) is 0 Å². The summed E-state index contributed by atoms with van der Waals surface area (Å²) >= 11 is 5.87. The molecule has 0 atom stereocenters. The first-order valence-electron chi connectivity index (χ1n) is 11.2. The third-order valence-electron chi connectivity index (χ3n) is 6.10. The molecule has 1 saturated heterocycles.